The van der Waals surface area contributed by atoms with Crippen LogP contribution in [0.3, 0.4) is 0 Å². The summed E-state index contributed by atoms with van der Waals surface area (Å²) in [5.41, 5.74) is 0. The van der Waals surface area contributed by atoms with Crippen LogP contribution in [0.1, 0.15) is 56.5 Å². The molecule has 1 fully saturated rings. The van der Waals surface area contributed by atoms with Gasteiger partial charge in [0.05, 0.1) is 6.26 Å². The number of hydrogen-bond donors (Lipinski definition) is 2. The van der Waals surface area contributed by atoms with Crippen molar-refractivity contribution in [1.29, 1.82) is 0 Å². The number of rotatable bonds is 5. The van der Waals surface area contributed by atoms with E-state index in [9.17, 15) is 9.59 Å². The first-order valence-corrected chi connectivity index (χ1v) is 7.72. The summed E-state index contributed by atoms with van der Waals surface area (Å²) in [5.74, 6) is -0.201. The summed E-state index contributed by atoms with van der Waals surface area (Å²) in [7, 11) is 0. The Hall–Kier alpha value is -1.78. The van der Waals surface area contributed by atoms with Crippen LogP contribution in [0, 0.1) is 5.92 Å². The smallest absolute Gasteiger partial charge is 0.287 e. The minimum absolute atomic E-state index is 0.0208. The number of furan rings is 1. The molecule has 1 saturated carbocycles. The minimum Gasteiger partial charge on any atom is -0.459 e. The highest BCUT2D eigenvalue weighted by atomic mass is 16.3. The van der Waals surface area contributed by atoms with E-state index in [0.29, 0.717) is 0 Å². The van der Waals surface area contributed by atoms with Gasteiger partial charge in [0.25, 0.3) is 5.91 Å². The lowest BCUT2D eigenvalue weighted by Gasteiger charge is -2.27. The van der Waals surface area contributed by atoms with Gasteiger partial charge in [-0.2, -0.15) is 0 Å². The standard InChI is InChI=1S/C16H24N2O3/c1-11(2)14(18-15(19)13-9-6-10-21-13)16(20)17-12-7-4-3-5-8-12/h6,9-12,14H,3-5,7-8H2,1-2H3,(H,17,20)(H,18,19)/t14-/m0/s1. The predicted octanol–water partition coefficient (Wildman–Crippen LogP) is 2.48. The van der Waals surface area contributed by atoms with Gasteiger partial charge in [0.2, 0.25) is 5.91 Å². The van der Waals surface area contributed by atoms with E-state index >= 15 is 0 Å². The third-order valence-electron chi connectivity index (χ3n) is 3.93. The molecular formula is C16H24N2O3. The van der Waals surface area contributed by atoms with Crippen LogP contribution in [0.2, 0.25) is 0 Å². The van der Waals surface area contributed by atoms with Crippen molar-refractivity contribution in [1.82, 2.24) is 10.6 Å². The lowest BCUT2D eigenvalue weighted by Crippen LogP contribution is -2.52. The molecule has 5 nitrogen and oxygen atoms in total. The third kappa shape index (κ3) is 4.34. The molecule has 1 aromatic rings. The van der Waals surface area contributed by atoms with Crippen molar-refractivity contribution in [2.45, 2.75) is 58.0 Å². The second-order valence-corrected chi connectivity index (χ2v) is 6.02. The highest BCUT2D eigenvalue weighted by Crippen LogP contribution is 2.18. The molecule has 21 heavy (non-hydrogen) atoms. The Labute approximate surface area is 125 Å². The van der Waals surface area contributed by atoms with Crippen molar-refractivity contribution in [3.63, 3.8) is 0 Å². The van der Waals surface area contributed by atoms with Crippen LogP contribution in [0.5, 0.6) is 0 Å². The predicted molar refractivity (Wildman–Crippen MR) is 79.8 cm³/mol. The van der Waals surface area contributed by atoms with Crippen molar-refractivity contribution in [3.05, 3.63) is 24.2 Å². The molecular weight excluding hydrogens is 268 g/mol. The molecule has 0 saturated heterocycles. The second kappa shape index (κ2) is 7.29. The summed E-state index contributed by atoms with van der Waals surface area (Å²) in [6.45, 7) is 3.85. The average Bonchev–Trinajstić information content (AvgIpc) is 2.99. The zero-order chi connectivity index (χ0) is 15.2. The normalized spacial score (nSPS) is 17.5. The van der Waals surface area contributed by atoms with Crippen LogP contribution in [-0.2, 0) is 4.79 Å². The van der Waals surface area contributed by atoms with Gasteiger partial charge < -0.3 is 15.1 Å². The maximum Gasteiger partial charge on any atom is 0.287 e. The van der Waals surface area contributed by atoms with Crippen molar-refractivity contribution >= 4 is 11.8 Å². The van der Waals surface area contributed by atoms with E-state index in [0.717, 1.165) is 25.7 Å². The van der Waals surface area contributed by atoms with Crippen LogP contribution < -0.4 is 10.6 Å². The summed E-state index contributed by atoms with van der Waals surface area (Å²) < 4.78 is 5.06. The van der Waals surface area contributed by atoms with Gasteiger partial charge in [-0.3, -0.25) is 9.59 Å². The SMILES string of the molecule is CC(C)[C@H](NC(=O)c1ccco1)C(=O)NC1CCCCC1. The number of hydrogen-bond acceptors (Lipinski definition) is 3. The monoisotopic (exact) mass is 292 g/mol. The summed E-state index contributed by atoms with van der Waals surface area (Å²) in [6.07, 6.45) is 7.08. The zero-order valence-electron chi connectivity index (χ0n) is 12.7. The van der Waals surface area contributed by atoms with Gasteiger partial charge in [-0.25, -0.2) is 0 Å². The highest BCUT2D eigenvalue weighted by Gasteiger charge is 2.27. The second-order valence-electron chi connectivity index (χ2n) is 6.02. The van der Waals surface area contributed by atoms with Gasteiger partial charge in [0.15, 0.2) is 5.76 Å². The number of nitrogens with one attached hydrogen (secondary N) is 2. The fourth-order valence-electron chi connectivity index (χ4n) is 2.69. The van der Waals surface area contributed by atoms with Crippen molar-refractivity contribution in [2.24, 2.45) is 5.92 Å². The number of amides is 2. The third-order valence-corrected chi connectivity index (χ3v) is 3.93. The summed E-state index contributed by atoms with van der Waals surface area (Å²) >= 11 is 0. The fourth-order valence-corrected chi connectivity index (χ4v) is 2.69. The topological polar surface area (TPSA) is 71.3 Å². The van der Waals surface area contributed by atoms with Crippen LogP contribution in [0.15, 0.2) is 22.8 Å². The molecule has 0 spiro atoms. The average molecular weight is 292 g/mol. The first kappa shape index (κ1) is 15.6. The molecule has 0 aromatic carbocycles. The first-order valence-electron chi connectivity index (χ1n) is 7.72. The van der Waals surface area contributed by atoms with E-state index in [2.05, 4.69) is 10.6 Å². The van der Waals surface area contributed by atoms with Crippen LogP contribution >= 0.6 is 0 Å². The van der Waals surface area contributed by atoms with Gasteiger partial charge >= 0.3 is 0 Å². The van der Waals surface area contributed by atoms with Crippen molar-refractivity contribution in [3.8, 4) is 0 Å². The van der Waals surface area contributed by atoms with E-state index in [-0.39, 0.29) is 29.5 Å². The van der Waals surface area contributed by atoms with E-state index < -0.39 is 6.04 Å². The van der Waals surface area contributed by atoms with Gasteiger partial charge in [-0.05, 0) is 30.9 Å². The van der Waals surface area contributed by atoms with Gasteiger partial charge in [-0.15, -0.1) is 0 Å². The summed E-state index contributed by atoms with van der Waals surface area (Å²) in [4.78, 5) is 24.4. The molecule has 1 aliphatic rings. The molecule has 1 aromatic heterocycles. The Kier molecular flexibility index (Phi) is 5.42. The molecule has 5 heteroatoms. The lowest BCUT2D eigenvalue weighted by atomic mass is 9.94. The van der Waals surface area contributed by atoms with E-state index in [1.165, 1.54) is 12.7 Å². The van der Waals surface area contributed by atoms with Crippen molar-refractivity contribution in [2.75, 3.05) is 0 Å². The van der Waals surface area contributed by atoms with Crippen LogP contribution in [0.4, 0.5) is 0 Å². The Morgan fingerprint density at radius 1 is 1.24 bits per heavy atom. The van der Waals surface area contributed by atoms with E-state index in [1.807, 2.05) is 13.8 Å². The summed E-state index contributed by atoms with van der Waals surface area (Å²) in [6, 6.07) is 2.95. The zero-order valence-corrected chi connectivity index (χ0v) is 12.7. The van der Waals surface area contributed by atoms with Gasteiger partial charge in [-0.1, -0.05) is 33.1 Å². The Bertz CT molecular complexity index is 462. The van der Waals surface area contributed by atoms with Crippen LogP contribution in [-0.4, -0.2) is 23.9 Å². The fraction of sp³-hybridized carbons (Fsp3) is 0.625. The first-order chi connectivity index (χ1) is 10.1. The molecule has 116 valence electrons. The molecule has 0 aliphatic heterocycles. The molecule has 0 radical (unpaired) electrons. The number of carbonyl (C=O) groups excluding carboxylic acids is 2. The molecule has 2 N–H and O–H groups in total. The van der Waals surface area contributed by atoms with Gasteiger partial charge in [0.1, 0.15) is 6.04 Å². The minimum atomic E-state index is -0.537. The van der Waals surface area contributed by atoms with E-state index in [4.69, 9.17) is 4.42 Å². The lowest BCUT2D eigenvalue weighted by molar-refractivity contribution is -0.124. The molecule has 0 unspecified atom stereocenters. The van der Waals surface area contributed by atoms with Crippen molar-refractivity contribution < 1.29 is 14.0 Å². The molecule has 1 heterocycles. The Balaban J connectivity index is 1.94. The largest absolute Gasteiger partial charge is 0.459 e. The molecule has 2 amide bonds. The quantitative estimate of drug-likeness (QED) is 0.876. The molecule has 1 aliphatic carbocycles. The summed E-state index contributed by atoms with van der Waals surface area (Å²) in [5, 5.41) is 5.83. The maximum absolute atomic E-state index is 12.4. The Morgan fingerprint density at radius 3 is 2.52 bits per heavy atom. The molecule has 2 rings (SSSR count). The molecule has 1 atom stereocenters. The molecule has 0 bridgehead atoms. The maximum atomic E-state index is 12.4. The number of carbonyl (C=O) groups is 2. The Morgan fingerprint density at radius 2 is 1.95 bits per heavy atom. The van der Waals surface area contributed by atoms with E-state index in [1.54, 1.807) is 12.1 Å². The van der Waals surface area contributed by atoms with Crippen LogP contribution in [0.25, 0.3) is 0 Å². The van der Waals surface area contributed by atoms with Gasteiger partial charge in [0, 0.05) is 6.04 Å². The highest BCUT2D eigenvalue weighted by molar-refractivity contribution is 5.95.